The second-order valence-electron chi connectivity index (χ2n) is 6.47. The van der Waals surface area contributed by atoms with Crippen LogP contribution in [0.3, 0.4) is 0 Å². The molecule has 1 fully saturated rings. The van der Waals surface area contributed by atoms with Gasteiger partial charge in [-0.3, -0.25) is 4.79 Å². The summed E-state index contributed by atoms with van der Waals surface area (Å²) in [5, 5.41) is 13.3. The summed E-state index contributed by atoms with van der Waals surface area (Å²) in [4.78, 5) is 12.4. The number of carbonyl (C=O) groups excluding carboxylic acids is 1. The van der Waals surface area contributed by atoms with E-state index in [2.05, 4.69) is 5.32 Å². The molecule has 0 aliphatic carbocycles. The van der Waals surface area contributed by atoms with Crippen LogP contribution in [-0.4, -0.2) is 29.8 Å². The maximum absolute atomic E-state index is 13.0. The van der Waals surface area contributed by atoms with Crippen LogP contribution in [0.25, 0.3) is 11.1 Å². The SMILES string of the molecule is C[C@@H](NC(=O)C1(O)CCOCC1)c1ccc(-c2ccc(F)cc2)cc1. The molecule has 2 N–H and O–H groups in total. The molecule has 0 bridgehead atoms. The first-order valence-corrected chi connectivity index (χ1v) is 8.45. The van der Waals surface area contributed by atoms with Gasteiger partial charge < -0.3 is 15.2 Å². The Morgan fingerprint density at radius 2 is 1.60 bits per heavy atom. The fraction of sp³-hybridized carbons (Fsp3) is 0.350. The number of nitrogens with one attached hydrogen (secondary N) is 1. The van der Waals surface area contributed by atoms with Gasteiger partial charge in [0.15, 0.2) is 0 Å². The van der Waals surface area contributed by atoms with Gasteiger partial charge in [0.05, 0.1) is 6.04 Å². The fourth-order valence-corrected chi connectivity index (χ4v) is 2.96. The quantitative estimate of drug-likeness (QED) is 0.896. The molecule has 3 rings (SSSR count). The molecule has 0 spiro atoms. The summed E-state index contributed by atoms with van der Waals surface area (Å²) in [6, 6.07) is 13.8. The van der Waals surface area contributed by atoms with E-state index in [-0.39, 0.29) is 17.8 Å². The predicted molar refractivity (Wildman–Crippen MR) is 93.4 cm³/mol. The average molecular weight is 343 g/mol. The Labute approximate surface area is 146 Å². The molecule has 5 heteroatoms. The number of rotatable bonds is 4. The highest BCUT2D eigenvalue weighted by Gasteiger charge is 2.38. The summed E-state index contributed by atoms with van der Waals surface area (Å²) >= 11 is 0. The molecule has 1 aliphatic heterocycles. The molecule has 1 heterocycles. The summed E-state index contributed by atoms with van der Waals surface area (Å²) in [5.41, 5.74) is 1.50. The molecule has 25 heavy (non-hydrogen) atoms. The molecule has 1 atom stereocenters. The summed E-state index contributed by atoms with van der Waals surface area (Å²) in [6.45, 7) is 2.67. The van der Waals surface area contributed by atoms with E-state index >= 15 is 0 Å². The van der Waals surface area contributed by atoms with Crippen molar-refractivity contribution in [3.8, 4) is 11.1 Å². The van der Waals surface area contributed by atoms with E-state index in [0.717, 1.165) is 16.7 Å². The van der Waals surface area contributed by atoms with Gasteiger partial charge in [-0.15, -0.1) is 0 Å². The number of hydrogen-bond donors (Lipinski definition) is 2. The standard InChI is InChI=1S/C20H22FNO3/c1-14(22-19(23)20(24)10-12-25-13-11-20)15-2-4-16(5-3-15)17-6-8-18(21)9-7-17/h2-9,14,24H,10-13H2,1H3,(H,22,23)/t14-/m1/s1. The minimum Gasteiger partial charge on any atom is -0.381 e. The lowest BCUT2D eigenvalue weighted by atomic mass is 9.92. The van der Waals surface area contributed by atoms with Crippen LogP contribution in [0.1, 0.15) is 31.4 Å². The van der Waals surface area contributed by atoms with Crippen molar-refractivity contribution in [2.45, 2.75) is 31.4 Å². The maximum atomic E-state index is 13.0. The average Bonchev–Trinajstić information content (AvgIpc) is 2.63. The largest absolute Gasteiger partial charge is 0.381 e. The molecule has 2 aromatic carbocycles. The zero-order chi connectivity index (χ0) is 17.9. The van der Waals surface area contributed by atoms with Gasteiger partial charge in [-0.2, -0.15) is 0 Å². The minimum absolute atomic E-state index is 0.221. The first-order valence-electron chi connectivity index (χ1n) is 8.45. The topological polar surface area (TPSA) is 58.6 Å². The second kappa shape index (κ2) is 7.33. The fourth-order valence-electron chi connectivity index (χ4n) is 2.96. The maximum Gasteiger partial charge on any atom is 0.252 e. The van der Waals surface area contributed by atoms with E-state index in [4.69, 9.17) is 4.74 Å². The van der Waals surface area contributed by atoms with Crippen LogP contribution >= 0.6 is 0 Å². The zero-order valence-corrected chi connectivity index (χ0v) is 14.2. The lowest BCUT2D eigenvalue weighted by Gasteiger charge is -2.31. The number of halogens is 1. The third kappa shape index (κ3) is 4.06. The van der Waals surface area contributed by atoms with E-state index in [0.29, 0.717) is 26.1 Å². The molecule has 1 aliphatic rings. The minimum atomic E-state index is -1.35. The van der Waals surface area contributed by atoms with E-state index < -0.39 is 5.60 Å². The summed E-state index contributed by atoms with van der Waals surface area (Å²) in [5.74, 6) is -0.617. The number of hydrogen-bond acceptors (Lipinski definition) is 3. The molecule has 1 amide bonds. The van der Waals surface area contributed by atoms with Crippen LogP contribution in [0, 0.1) is 5.82 Å². The summed E-state index contributed by atoms with van der Waals surface area (Å²) in [6.07, 6.45) is 0.629. The Morgan fingerprint density at radius 1 is 1.08 bits per heavy atom. The van der Waals surface area contributed by atoms with Gasteiger partial charge >= 0.3 is 0 Å². The van der Waals surface area contributed by atoms with Crippen molar-refractivity contribution in [3.05, 3.63) is 59.9 Å². The zero-order valence-electron chi connectivity index (χ0n) is 14.2. The highest BCUT2D eigenvalue weighted by Crippen LogP contribution is 2.24. The summed E-state index contributed by atoms with van der Waals surface area (Å²) in [7, 11) is 0. The van der Waals surface area contributed by atoms with Gasteiger partial charge in [0.25, 0.3) is 5.91 Å². The molecule has 132 valence electrons. The molecule has 0 saturated carbocycles. The van der Waals surface area contributed by atoms with Gasteiger partial charge in [-0.25, -0.2) is 4.39 Å². The Hall–Kier alpha value is -2.24. The molecule has 0 radical (unpaired) electrons. The van der Waals surface area contributed by atoms with E-state index in [1.807, 2.05) is 31.2 Å². The van der Waals surface area contributed by atoms with E-state index in [9.17, 15) is 14.3 Å². The van der Waals surface area contributed by atoms with Crippen LogP contribution in [0.4, 0.5) is 4.39 Å². The molecule has 0 unspecified atom stereocenters. The van der Waals surface area contributed by atoms with Crippen molar-refractivity contribution in [1.82, 2.24) is 5.32 Å². The van der Waals surface area contributed by atoms with Gasteiger partial charge in [0.2, 0.25) is 0 Å². The van der Waals surface area contributed by atoms with Crippen LogP contribution in [0.2, 0.25) is 0 Å². The Balaban J connectivity index is 1.67. The smallest absolute Gasteiger partial charge is 0.252 e. The second-order valence-corrected chi connectivity index (χ2v) is 6.47. The number of amides is 1. The third-order valence-corrected chi connectivity index (χ3v) is 4.68. The van der Waals surface area contributed by atoms with Crippen LogP contribution in [0.5, 0.6) is 0 Å². The van der Waals surface area contributed by atoms with Gasteiger partial charge in [-0.05, 0) is 35.7 Å². The third-order valence-electron chi connectivity index (χ3n) is 4.68. The van der Waals surface area contributed by atoms with E-state index in [1.165, 1.54) is 12.1 Å². The first kappa shape index (κ1) is 17.6. The number of benzene rings is 2. The molecule has 2 aromatic rings. The van der Waals surface area contributed by atoms with Crippen molar-refractivity contribution < 1.29 is 19.0 Å². The van der Waals surface area contributed by atoms with Crippen molar-refractivity contribution in [1.29, 1.82) is 0 Å². The summed E-state index contributed by atoms with van der Waals surface area (Å²) < 4.78 is 18.2. The number of carbonyl (C=O) groups is 1. The van der Waals surface area contributed by atoms with E-state index in [1.54, 1.807) is 12.1 Å². The Kier molecular flexibility index (Phi) is 5.16. The van der Waals surface area contributed by atoms with Crippen molar-refractivity contribution >= 4 is 5.91 Å². The van der Waals surface area contributed by atoms with Gasteiger partial charge in [0, 0.05) is 26.1 Å². The lowest BCUT2D eigenvalue weighted by Crippen LogP contribution is -2.50. The van der Waals surface area contributed by atoms with Crippen molar-refractivity contribution in [2.24, 2.45) is 0 Å². The predicted octanol–water partition coefficient (Wildman–Crippen LogP) is 3.21. The Morgan fingerprint density at radius 3 is 2.16 bits per heavy atom. The first-order chi connectivity index (χ1) is 12.0. The molecular formula is C20H22FNO3. The van der Waals surface area contributed by atoms with Crippen molar-refractivity contribution in [3.63, 3.8) is 0 Å². The van der Waals surface area contributed by atoms with Crippen molar-refractivity contribution in [2.75, 3.05) is 13.2 Å². The van der Waals surface area contributed by atoms with Gasteiger partial charge in [0.1, 0.15) is 11.4 Å². The normalized spacial score (nSPS) is 17.7. The van der Waals surface area contributed by atoms with Crippen LogP contribution in [-0.2, 0) is 9.53 Å². The molecule has 0 aromatic heterocycles. The Bertz CT molecular complexity index is 722. The molecule has 4 nitrogen and oxygen atoms in total. The van der Waals surface area contributed by atoms with Crippen LogP contribution < -0.4 is 5.32 Å². The lowest BCUT2D eigenvalue weighted by molar-refractivity contribution is -0.150. The number of ether oxygens (including phenoxy) is 1. The highest BCUT2D eigenvalue weighted by atomic mass is 19.1. The molecule has 1 saturated heterocycles. The monoisotopic (exact) mass is 343 g/mol. The number of aliphatic hydroxyl groups is 1. The van der Waals surface area contributed by atoms with Crippen LogP contribution in [0.15, 0.2) is 48.5 Å². The highest BCUT2D eigenvalue weighted by molar-refractivity contribution is 5.85. The molecular weight excluding hydrogens is 321 g/mol. The van der Waals surface area contributed by atoms with Gasteiger partial charge in [-0.1, -0.05) is 36.4 Å².